The summed E-state index contributed by atoms with van der Waals surface area (Å²) in [5, 5.41) is 10.0. The summed E-state index contributed by atoms with van der Waals surface area (Å²) in [5.41, 5.74) is 3.25. The number of rotatable bonds is 6. The molecule has 30 heavy (non-hydrogen) atoms. The summed E-state index contributed by atoms with van der Waals surface area (Å²) in [6.45, 7) is 11.2. The Balaban J connectivity index is 1.33. The van der Waals surface area contributed by atoms with E-state index >= 15 is 0 Å². The lowest BCUT2D eigenvalue weighted by atomic mass is 10.2. The monoisotopic (exact) mass is 425 g/mol. The van der Waals surface area contributed by atoms with Crippen LogP contribution < -0.4 is 10.2 Å². The van der Waals surface area contributed by atoms with Gasteiger partial charge in [-0.05, 0) is 32.9 Å². The maximum atomic E-state index is 12.7. The molecule has 1 amide bonds. The van der Waals surface area contributed by atoms with Gasteiger partial charge in [0.05, 0.1) is 17.0 Å². The number of carbonyl (C=O) groups is 1. The molecular formula is C21H27N7OS. The molecule has 3 aromatic heterocycles. The van der Waals surface area contributed by atoms with E-state index in [4.69, 9.17) is 0 Å². The van der Waals surface area contributed by atoms with Gasteiger partial charge in [-0.1, -0.05) is 6.07 Å². The molecular weight excluding hydrogens is 398 g/mol. The van der Waals surface area contributed by atoms with Crippen molar-refractivity contribution in [3.8, 4) is 0 Å². The maximum absolute atomic E-state index is 12.7. The summed E-state index contributed by atoms with van der Waals surface area (Å²) in [6, 6.07) is 6.02. The molecule has 4 heterocycles. The van der Waals surface area contributed by atoms with Crippen LogP contribution in [0.15, 0.2) is 29.8 Å². The number of carbonyl (C=O) groups excluding carboxylic acids is 1. The summed E-state index contributed by atoms with van der Waals surface area (Å²) in [6.07, 6.45) is 1.84. The molecule has 0 unspecified atom stereocenters. The van der Waals surface area contributed by atoms with Gasteiger partial charge in [0.15, 0.2) is 5.13 Å². The van der Waals surface area contributed by atoms with E-state index in [0.717, 1.165) is 62.2 Å². The predicted octanol–water partition coefficient (Wildman–Crippen LogP) is 2.95. The largest absolute Gasteiger partial charge is 0.354 e. The lowest BCUT2D eigenvalue weighted by Gasteiger charge is -2.35. The quantitative estimate of drug-likeness (QED) is 0.654. The van der Waals surface area contributed by atoms with E-state index in [1.54, 1.807) is 0 Å². The molecule has 158 valence electrons. The van der Waals surface area contributed by atoms with Crippen LogP contribution in [-0.4, -0.2) is 56.7 Å². The highest BCUT2D eigenvalue weighted by molar-refractivity contribution is 7.14. The van der Waals surface area contributed by atoms with Gasteiger partial charge < -0.3 is 4.90 Å². The topological polar surface area (TPSA) is 79.2 Å². The zero-order chi connectivity index (χ0) is 21.1. The number of amides is 1. The summed E-state index contributed by atoms with van der Waals surface area (Å²) in [5.74, 6) is 0.891. The van der Waals surface area contributed by atoms with Gasteiger partial charge in [0.25, 0.3) is 5.91 Å². The van der Waals surface area contributed by atoms with Crippen LogP contribution in [-0.2, 0) is 13.1 Å². The van der Waals surface area contributed by atoms with E-state index in [1.165, 1.54) is 11.3 Å². The number of aryl methyl sites for hydroxylation is 2. The van der Waals surface area contributed by atoms with Crippen LogP contribution in [0.2, 0.25) is 0 Å². The first kappa shape index (κ1) is 20.5. The minimum Gasteiger partial charge on any atom is -0.354 e. The van der Waals surface area contributed by atoms with Crippen LogP contribution in [0.25, 0.3) is 0 Å². The Morgan fingerprint density at radius 1 is 1.20 bits per heavy atom. The third-order valence-electron chi connectivity index (χ3n) is 5.41. The van der Waals surface area contributed by atoms with E-state index in [9.17, 15) is 4.79 Å². The zero-order valence-electron chi connectivity index (χ0n) is 17.6. The summed E-state index contributed by atoms with van der Waals surface area (Å²) in [4.78, 5) is 26.5. The van der Waals surface area contributed by atoms with Crippen LogP contribution in [0.5, 0.6) is 0 Å². The van der Waals surface area contributed by atoms with Crippen molar-refractivity contribution in [1.82, 2.24) is 24.6 Å². The van der Waals surface area contributed by atoms with E-state index < -0.39 is 0 Å². The smallest absolute Gasteiger partial charge is 0.261 e. The fraction of sp³-hybridized carbons (Fsp3) is 0.429. The van der Waals surface area contributed by atoms with Crippen molar-refractivity contribution in [1.29, 1.82) is 0 Å². The third kappa shape index (κ3) is 4.36. The first-order valence-electron chi connectivity index (χ1n) is 10.2. The van der Waals surface area contributed by atoms with Gasteiger partial charge in [-0.3, -0.25) is 19.7 Å². The SMILES string of the molecule is CCn1nc(C)c(C(=O)Nc2nc(CN3CCN(c4ccccn4)CC3)cs2)c1C. The Morgan fingerprint density at radius 2 is 2.00 bits per heavy atom. The fourth-order valence-electron chi connectivity index (χ4n) is 3.84. The molecule has 1 N–H and O–H groups in total. The normalized spacial score (nSPS) is 14.8. The van der Waals surface area contributed by atoms with Crippen LogP contribution >= 0.6 is 11.3 Å². The highest BCUT2D eigenvalue weighted by Crippen LogP contribution is 2.21. The highest BCUT2D eigenvalue weighted by atomic mass is 32.1. The lowest BCUT2D eigenvalue weighted by molar-refractivity contribution is 0.102. The summed E-state index contributed by atoms with van der Waals surface area (Å²) >= 11 is 1.47. The zero-order valence-corrected chi connectivity index (χ0v) is 18.4. The van der Waals surface area contributed by atoms with E-state index in [0.29, 0.717) is 10.7 Å². The Labute approximate surface area is 180 Å². The van der Waals surface area contributed by atoms with Crippen molar-refractivity contribution in [3.63, 3.8) is 0 Å². The number of hydrogen-bond acceptors (Lipinski definition) is 7. The van der Waals surface area contributed by atoms with E-state index in [2.05, 4.69) is 36.2 Å². The molecule has 1 saturated heterocycles. The summed E-state index contributed by atoms with van der Waals surface area (Å²) in [7, 11) is 0. The van der Waals surface area contributed by atoms with Gasteiger partial charge in [-0.2, -0.15) is 5.10 Å². The van der Waals surface area contributed by atoms with Gasteiger partial charge in [-0.15, -0.1) is 11.3 Å². The van der Waals surface area contributed by atoms with Gasteiger partial charge >= 0.3 is 0 Å². The fourth-order valence-corrected chi connectivity index (χ4v) is 4.53. The number of hydrogen-bond donors (Lipinski definition) is 1. The number of nitrogens with zero attached hydrogens (tertiary/aromatic N) is 6. The average Bonchev–Trinajstić information content (AvgIpc) is 3.31. The minimum atomic E-state index is -0.144. The second kappa shape index (κ2) is 8.93. The lowest BCUT2D eigenvalue weighted by Crippen LogP contribution is -2.46. The first-order chi connectivity index (χ1) is 14.5. The van der Waals surface area contributed by atoms with Crippen LogP contribution in [0.3, 0.4) is 0 Å². The van der Waals surface area contributed by atoms with Crippen LogP contribution in [0.1, 0.15) is 34.4 Å². The number of nitrogens with one attached hydrogen (secondary N) is 1. The molecule has 4 rings (SSSR count). The second-order valence-electron chi connectivity index (χ2n) is 7.41. The Kier molecular flexibility index (Phi) is 6.10. The van der Waals surface area contributed by atoms with Crippen molar-refractivity contribution in [2.45, 2.75) is 33.9 Å². The molecule has 0 aliphatic carbocycles. The number of anilines is 2. The predicted molar refractivity (Wildman–Crippen MR) is 119 cm³/mol. The minimum absolute atomic E-state index is 0.144. The summed E-state index contributed by atoms with van der Waals surface area (Å²) < 4.78 is 1.85. The van der Waals surface area contributed by atoms with Crippen molar-refractivity contribution < 1.29 is 4.79 Å². The first-order valence-corrected chi connectivity index (χ1v) is 11.1. The van der Waals surface area contributed by atoms with Crippen molar-refractivity contribution >= 4 is 28.2 Å². The van der Waals surface area contributed by atoms with Gasteiger partial charge in [0, 0.05) is 56.5 Å². The number of thiazole rings is 1. The van der Waals surface area contributed by atoms with Gasteiger partial charge in [-0.25, -0.2) is 9.97 Å². The number of aromatic nitrogens is 4. The van der Waals surface area contributed by atoms with Crippen molar-refractivity contribution in [2.75, 3.05) is 36.4 Å². The molecule has 0 atom stereocenters. The molecule has 0 aromatic carbocycles. The van der Waals surface area contributed by atoms with Gasteiger partial charge in [0.2, 0.25) is 0 Å². The molecule has 0 bridgehead atoms. The Hall–Kier alpha value is -2.78. The van der Waals surface area contributed by atoms with E-state index in [-0.39, 0.29) is 5.91 Å². The average molecular weight is 426 g/mol. The number of piperazine rings is 1. The molecule has 1 fully saturated rings. The van der Waals surface area contributed by atoms with E-state index in [1.807, 2.05) is 49.2 Å². The van der Waals surface area contributed by atoms with Crippen molar-refractivity contribution in [2.24, 2.45) is 0 Å². The molecule has 1 aliphatic heterocycles. The van der Waals surface area contributed by atoms with Crippen molar-refractivity contribution in [3.05, 3.63) is 52.4 Å². The molecule has 3 aromatic rings. The standard InChI is InChI=1S/C21H27N7OS/c1-4-28-16(3)19(15(2)25-28)20(29)24-21-23-17(14-30-21)13-26-9-11-27(12-10-26)18-7-5-6-8-22-18/h5-8,14H,4,9-13H2,1-3H3,(H,23,24,29). The molecule has 0 spiro atoms. The molecule has 0 radical (unpaired) electrons. The van der Waals surface area contributed by atoms with Crippen LogP contribution in [0, 0.1) is 13.8 Å². The molecule has 0 saturated carbocycles. The third-order valence-corrected chi connectivity index (χ3v) is 6.22. The number of pyridine rings is 1. The Bertz CT molecular complexity index is 1010. The van der Waals surface area contributed by atoms with Gasteiger partial charge in [0.1, 0.15) is 5.82 Å². The molecule has 9 heteroatoms. The Morgan fingerprint density at radius 3 is 2.67 bits per heavy atom. The maximum Gasteiger partial charge on any atom is 0.261 e. The van der Waals surface area contributed by atoms with Crippen LogP contribution in [0.4, 0.5) is 10.9 Å². The molecule has 8 nitrogen and oxygen atoms in total. The molecule has 1 aliphatic rings. The highest BCUT2D eigenvalue weighted by Gasteiger charge is 2.21. The second-order valence-corrected chi connectivity index (χ2v) is 8.27.